The second kappa shape index (κ2) is 5.29. The van der Waals surface area contributed by atoms with Gasteiger partial charge in [0.15, 0.2) is 0 Å². The SMILES string of the molecule is CCN1CCCCC1.[Al+3].[H-].[H-].[H-]. The number of rotatable bonds is 1. The van der Waals surface area contributed by atoms with Crippen LogP contribution in [0.4, 0.5) is 0 Å². The monoisotopic (exact) mass is 143 g/mol. The first-order valence-corrected chi connectivity index (χ1v) is 3.66. The van der Waals surface area contributed by atoms with Crippen LogP contribution in [0.5, 0.6) is 0 Å². The zero-order chi connectivity index (χ0) is 5.82. The summed E-state index contributed by atoms with van der Waals surface area (Å²) >= 11 is 0. The van der Waals surface area contributed by atoms with Crippen LogP contribution in [-0.2, 0) is 0 Å². The van der Waals surface area contributed by atoms with E-state index in [1.54, 1.807) is 0 Å². The van der Waals surface area contributed by atoms with Crippen LogP contribution in [0.3, 0.4) is 0 Å². The Morgan fingerprint density at radius 3 is 2.11 bits per heavy atom. The molecule has 0 bridgehead atoms. The number of nitrogens with zero attached hydrogens (tertiary/aromatic N) is 1. The zero-order valence-corrected chi connectivity index (χ0v) is 7.42. The van der Waals surface area contributed by atoms with E-state index in [-0.39, 0.29) is 21.6 Å². The fourth-order valence-electron chi connectivity index (χ4n) is 1.28. The summed E-state index contributed by atoms with van der Waals surface area (Å²) in [5, 5.41) is 0. The average Bonchev–Trinajstić information content (AvgIpc) is 1.90. The third-order valence-corrected chi connectivity index (χ3v) is 1.90. The molecule has 0 aromatic heterocycles. The van der Waals surface area contributed by atoms with Crippen LogP contribution in [0.25, 0.3) is 0 Å². The molecule has 0 aromatic carbocycles. The Kier molecular flexibility index (Phi) is 5.58. The van der Waals surface area contributed by atoms with E-state index in [2.05, 4.69) is 11.8 Å². The molecular formula is C7H18AlN. The maximum atomic E-state index is 2.52. The maximum Gasteiger partial charge on any atom is 3.00 e. The summed E-state index contributed by atoms with van der Waals surface area (Å²) in [5.74, 6) is 0. The van der Waals surface area contributed by atoms with Gasteiger partial charge in [0.25, 0.3) is 0 Å². The molecule has 0 atom stereocenters. The van der Waals surface area contributed by atoms with Gasteiger partial charge in [-0.2, -0.15) is 0 Å². The second-order valence-corrected chi connectivity index (χ2v) is 2.49. The molecule has 0 aromatic rings. The van der Waals surface area contributed by atoms with Gasteiger partial charge in [-0.05, 0) is 32.5 Å². The van der Waals surface area contributed by atoms with Gasteiger partial charge in [-0.1, -0.05) is 13.3 Å². The fourth-order valence-corrected chi connectivity index (χ4v) is 1.28. The van der Waals surface area contributed by atoms with E-state index in [0.717, 1.165) is 0 Å². The van der Waals surface area contributed by atoms with Crippen molar-refractivity contribution in [2.45, 2.75) is 26.2 Å². The second-order valence-electron chi connectivity index (χ2n) is 2.49. The van der Waals surface area contributed by atoms with Crippen LogP contribution < -0.4 is 0 Å². The largest absolute Gasteiger partial charge is 3.00 e. The van der Waals surface area contributed by atoms with Crippen LogP contribution in [0, 0.1) is 0 Å². The summed E-state index contributed by atoms with van der Waals surface area (Å²) in [6.45, 7) is 6.18. The first-order chi connectivity index (χ1) is 3.93. The minimum atomic E-state index is 0. The third-order valence-electron chi connectivity index (χ3n) is 1.90. The maximum absolute atomic E-state index is 2.52. The number of likely N-dealkylation sites (tertiary alicyclic amines) is 1. The molecule has 0 N–H and O–H groups in total. The molecule has 1 aliphatic rings. The van der Waals surface area contributed by atoms with E-state index in [1.165, 1.54) is 38.9 Å². The molecule has 1 aliphatic heterocycles. The van der Waals surface area contributed by atoms with E-state index in [1.807, 2.05) is 0 Å². The van der Waals surface area contributed by atoms with Crippen molar-refractivity contribution < 1.29 is 4.28 Å². The van der Waals surface area contributed by atoms with Crippen molar-refractivity contribution in [2.75, 3.05) is 19.6 Å². The third kappa shape index (κ3) is 3.25. The molecule has 0 aliphatic carbocycles. The molecule has 1 fully saturated rings. The molecule has 54 valence electrons. The number of hydrogen-bond acceptors (Lipinski definition) is 1. The van der Waals surface area contributed by atoms with Gasteiger partial charge in [-0.25, -0.2) is 0 Å². The molecule has 1 nitrogen and oxygen atoms in total. The van der Waals surface area contributed by atoms with Gasteiger partial charge >= 0.3 is 17.4 Å². The van der Waals surface area contributed by atoms with Crippen molar-refractivity contribution in [2.24, 2.45) is 0 Å². The Morgan fingerprint density at radius 2 is 1.78 bits per heavy atom. The fraction of sp³-hybridized carbons (Fsp3) is 1.00. The van der Waals surface area contributed by atoms with E-state index < -0.39 is 0 Å². The van der Waals surface area contributed by atoms with Crippen LogP contribution in [0.15, 0.2) is 0 Å². The predicted octanol–water partition coefficient (Wildman–Crippen LogP) is 1.45. The molecular weight excluding hydrogens is 125 g/mol. The zero-order valence-electron chi connectivity index (χ0n) is 9.27. The molecule has 1 saturated heterocycles. The van der Waals surface area contributed by atoms with Gasteiger partial charge in [-0.15, -0.1) is 0 Å². The van der Waals surface area contributed by atoms with Crippen LogP contribution in [0.2, 0.25) is 0 Å². The summed E-state index contributed by atoms with van der Waals surface area (Å²) in [6, 6.07) is 0. The van der Waals surface area contributed by atoms with Gasteiger partial charge in [0.1, 0.15) is 0 Å². The number of hydrogen-bond donors (Lipinski definition) is 0. The van der Waals surface area contributed by atoms with E-state index in [4.69, 9.17) is 0 Å². The Bertz CT molecular complexity index is 69.7. The van der Waals surface area contributed by atoms with Crippen LogP contribution in [0.1, 0.15) is 30.5 Å². The summed E-state index contributed by atoms with van der Waals surface area (Å²) < 4.78 is 0. The Labute approximate surface area is 73.0 Å². The smallest absolute Gasteiger partial charge is 1.00 e. The Balaban J connectivity index is -0.0000000800. The minimum absolute atomic E-state index is 0. The van der Waals surface area contributed by atoms with Crippen LogP contribution in [-0.4, -0.2) is 41.9 Å². The summed E-state index contributed by atoms with van der Waals surface area (Å²) in [5.41, 5.74) is 0. The first-order valence-electron chi connectivity index (χ1n) is 3.66. The normalized spacial score (nSPS) is 21.0. The molecule has 2 heteroatoms. The molecule has 0 radical (unpaired) electrons. The Morgan fingerprint density at radius 1 is 1.22 bits per heavy atom. The minimum Gasteiger partial charge on any atom is -1.00 e. The van der Waals surface area contributed by atoms with Crippen molar-refractivity contribution in [3.63, 3.8) is 0 Å². The molecule has 0 saturated carbocycles. The molecule has 0 spiro atoms. The Hall–Kier alpha value is 0.492. The first kappa shape index (κ1) is 9.49. The van der Waals surface area contributed by atoms with Crippen molar-refractivity contribution in [3.05, 3.63) is 0 Å². The molecule has 0 amide bonds. The van der Waals surface area contributed by atoms with Gasteiger partial charge in [0, 0.05) is 0 Å². The van der Waals surface area contributed by atoms with Gasteiger partial charge in [-0.3, -0.25) is 0 Å². The summed E-state index contributed by atoms with van der Waals surface area (Å²) in [6.07, 6.45) is 4.30. The van der Waals surface area contributed by atoms with Crippen molar-refractivity contribution >= 4 is 17.4 Å². The molecule has 9 heavy (non-hydrogen) atoms. The average molecular weight is 143 g/mol. The summed E-state index contributed by atoms with van der Waals surface area (Å²) in [4.78, 5) is 2.52. The number of piperidine rings is 1. The summed E-state index contributed by atoms with van der Waals surface area (Å²) in [7, 11) is 0. The van der Waals surface area contributed by atoms with Crippen molar-refractivity contribution in [1.82, 2.24) is 4.90 Å². The van der Waals surface area contributed by atoms with Crippen molar-refractivity contribution in [1.29, 1.82) is 0 Å². The molecule has 1 rings (SSSR count). The standard InChI is InChI=1S/C7H15N.Al.3H/c1-2-8-6-4-3-5-7-8;;;;/h2-7H2,1H3;;;;/q;+3;3*-1. The van der Waals surface area contributed by atoms with Gasteiger partial charge < -0.3 is 9.18 Å². The van der Waals surface area contributed by atoms with Gasteiger partial charge in [0.05, 0.1) is 0 Å². The van der Waals surface area contributed by atoms with Gasteiger partial charge in [0.2, 0.25) is 0 Å². The van der Waals surface area contributed by atoms with E-state index in [0.29, 0.717) is 0 Å². The van der Waals surface area contributed by atoms with E-state index in [9.17, 15) is 0 Å². The topological polar surface area (TPSA) is 3.24 Å². The molecule has 0 unspecified atom stereocenters. The van der Waals surface area contributed by atoms with E-state index >= 15 is 0 Å². The van der Waals surface area contributed by atoms with Crippen molar-refractivity contribution in [3.8, 4) is 0 Å². The predicted molar refractivity (Wildman–Crippen MR) is 45.1 cm³/mol. The molecule has 1 heterocycles. The quantitative estimate of drug-likeness (QED) is 0.502. The van der Waals surface area contributed by atoms with Crippen LogP contribution >= 0.6 is 0 Å².